The van der Waals surface area contributed by atoms with Gasteiger partial charge < -0.3 is 19.7 Å². The Kier molecular flexibility index (Phi) is 5.75. The first-order valence-electron chi connectivity index (χ1n) is 8.20. The van der Waals surface area contributed by atoms with Crippen molar-refractivity contribution < 1.29 is 19.1 Å². The Morgan fingerprint density at radius 3 is 2.38 bits per heavy atom. The zero-order valence-electron chi connectivity index (χ0n) is 14.3. The number of morpholine rings is 1. The van der Waals surface area contributed by atoms with Gasteiger partial charge in [-0.15, -0.1) is 0 Å². The molecule has 0 radical (unpaired) electrons. The molecule has 7 heteroatoms. The van der Waals surface area contributed by atoms with E-state index in [1.54, 1.807) is 24.3 Å². The lowest BCUT2D eigenvalue weighted by molar-refractivity contribution is 0.0600. The first-order valence-corrected chi connectivity index (χ1v) is 8.58. The Morgan fingerprint density at radius 1 is 1.08 bits per heavy atom. The van der Waals surface area contributed by atoms with Crippen LogP contribution in [0, 0.1) is 0 Å². The summed E-state index contributed by atoms with van der Waals surface area (Å²) in [6.07, 6.45) is 0. The normalized spacial score (nSPS) is 14.0. The Labute approximate surface area is 156 Å². The lowest BCUT2D eigenvalue weighted by Crippen LogP contribution is -2.36. The first-order chi connectivity index (χ1) is 12.6. The second kappa shape index (κ2) is 8.21. The van der Waals surface area contributed by atoms with Crippen molar-refractivity contribution in [2.45, 2.75) is 0 Å². The number of amides is 1. The van der Waals surface area contributed by atoms with E-state index in [1.807, 2.05) is 12.1 Å². The molecule has 0 aromatic heterocycles. The Morgan fingerprint density at radius 2 is 1.73 bits per heavy atom. The predicted octanol–water partition coefficient (Wildman–Crippen LogP) is 3.22. The molecule has 0 spiro atoms. The molecule has 1 fully saturated rings. The highest BCUT2D eigenvalue weighted by Crippen LogP contribution is 2.24. The highest BCUT2D eigenvalue weighted by molar-refractivity contribution is 6.34. The van der Waals surface area contributed by atoms with E-state index >= 15 is 0 Å². The van der Waals surface area contributed by atoms with Crippen LogP contribution in [0.25, 0.3) is 0 Å². The molecule has 0 atom stereocenters. The van der Waals surface area contributed by atoms with Gasteiger partial charge in [0.2, 0.25) is 0 Å². The maximum Gasteiger partial charge on any atom is 0.337 e. The van der Waals surface area contributed by atoms with Crippen LogP contribution in [0.4, 0.5) is 11.4 Å². The third kappa shape index (κ3) is 4.15. The summed E-state index contributed by atoms with van der Waals surface area (Å²) in [5.74, 6) is -0.797. The molecule has 1 amide bonds. The lowest BCUT2D eigenvalue weighted by Gasteiger charge is -2.28. The molecule has 1 aliphatic heterocycles. The summed E-state index contributed by atoms with van der Waals surface area (Å²) in [7, 11) is 1.30. The van der Waals surface area contributed by atoms with Gasteiger partial charge in [0.25, 0.3) is 5.91 Å². The summed E-state index contributed by atoms with van der Waals surface area (Å²) in [4.78, 5) is 26.3. The van der Waals surface area contributed by atoms with Crippen molar-refractivity contribution in [3.8, 4) is 0 Å². The molecular weight excluding hydrogens is 356 g/mol. The number of hydrogen-bond donors (Lipinski definition) is 1. The van der Waals surface area contributed by atoms with Gasteiger partial charge >= 0.3 is 5.97 Å². The number of hydrogen-bond acceptors (Lipinski definition) is 5. The van der Waals surface area contributed by atoms with Crippen LogP contribution in [-0.4, -0.2) is 45.3 Å². The average Bonchev–Trinajstić information content (AvgIpc) is 2.69. The van der Waals surface area contributed by atoms with Gasteiger partial charge in [0.05, 0.1) is 36.6 Å². The highest BCUT2D eigenvalue weighted by Gasteiger charge is 2.14. The van der Waals surface area contributed by atoms with Gasteiger partial charge in [0.15, 0.2) is 0 Å². The van der Waals surface area contributed by atoms with Crippen LogP contribution in [0.3, 0.4) is 0 Å². The molecule has 1 saturated heterocycles. The predicted molar refractivity (Wildman–Crippen MR) is 100 cm³/mol. The first kappa shape index (κ1) is 18.2. The van der Waals surface area contributed by atoms with E-state index in [0.717, 1.165) is 18.8 Å². The summed E-state index contributed by atoms with van der Waals surface area (Å²) in [5.41, 5.74) is 2.23. The van der Waals surface area contributed by atoms with E-state index in [0.29, 0.717) is 35.1 Å². The van der Waals surface area contributed by atoms with Gasteiger partial charge in [-0.25, -0.2) is 4.79 Å². The average molecular weight is 375 g/mol. The Hall–Kier alpha value is -2.57. The third-order valence-electron chi connectivity index (χ3n) is 4.14. The van der Waals surface area contributed by atoms with E-state index in [4.69, 9.17) is 16.3 Å². The van der Waals surface area contributed by atoms with Crippen molar-refractivity contribution in [1.29, 1.82) is 0 Å². The number of anilines is 2. The van der Waals surface area contributed by atoms with Gasteiger partial charge in [-0.3, -0.25) is 4.79 Å². The maximum atomic E-state index is 12.5. The minimum atomic E-state index is -0.493. The molecule has 1 aliphatic rings. The summed E-state index contributed by atoms with van der Waals surface area (Å²) in [5, 5.41) is 3.08. The summed E-state index contributed by atoms with van der Waals surface area (Å²) >= 11 is 6.12. The molecule has 0 bridgehead atoms. The van der Waals surface area contributed by atoms with Crippen LogP contribution in [0.2, 0.25) is 5.02 Å². The van der Waals surface area contributed by atoms with E-state index in [2.05, 4.69) is 15.0 Å². The van der Waals surface area contributed by atoms with Crippen molar-refractivity contribution in [2.24, 2.45) is 0 Å². The van der Waals surface area contributed by atoms with Gasteiger partial charge in [0.1, 0.15) is 0 Å². The highest BCUT2D eigenvalue weighted by atomic mass is 35.5. The summed E-state index contributed by atoms with van der Waals surface area (Å²) < 4.78 is 10.0. The molecule has 1 N–H and O–H groups in total. The van der Waals surface area contributed by atoms with Crippen LogP contribution in [0.15, 0.2) is 42.5 Å². The van der Waals surface area contributed by atoms with Crippen LogP contribution >= 0.6 is 11.6 Å². The molecule has 0 aliphatic carbocycles. The molecule has 26 heavy (non-hydrogen) atoms. The summed E-state index contributed by atoms with van der Waals surface area (Å²) in [6, 6.07) is 11.9. The molecule has 2 aromatic rings. The number of methoxy groups -OCH3 is 1. The van der Waals surface area contributed by atoms with Gasteiger partial charge in [0, 0.05) is 24.3 Å². The fraction of sp³-hybridized carbons (Fsp3) is 0.263. The van der Waals surface area contributed by atoms with Crippen LogP contribution in [0.5, 0.6) is 0 Å². The topological polar surface area (TPSA) is 67.9 Å². The Balaban J connectivity index is 1.72. The second-order valence-electron chi connectivity index (χ2n) is 5.79. The fourth-order valence-electron chi connectivity index (χ4n) is 2.71. The van der Waals surface area contributed by atoms with Crippen LogP contribution in [0.1, 0.15) is 20.7 Å². The molecular formula is C19H19ClN2O4. The van der Waals surface area contributed by atoms with Crippen molar-refractivity contribution in [3.05, 3.63) is 58.6 Å². The third-order valence-corrected chi connectivity index (χ3v) is 4.47. The van der Waals surface area contributed by atoms with E-state index in [1.165, 1.54) is 13.2 Å². The van der Waals surface area contributed by atoms with Crippen molar-refractivity contribution in [2.75, 3.05) is 43.6 Å². The van der Waals surface area contributed by atoms with Crippen molar-refractivity contribution in [3.63, 3.8) is 0 Å². The zero-order valence-corrected chi connectivity index (χ0v) is 15.1. The number of rotatable bonds is 4. The second-order valence-corrected chi connectivity index (χ2v) is 6.19. The number of nitrogens with zero attached hydrogens (tertiary/aromatic N) is 1. The van der Waals surface area contributed by atoms with E-state index in [9.17, 15) is 9.59 Å². The molecule has 6 nitrogen and oxygen atoms in total. The minimum Gasteiger partial charge on any atom is -0.465 e. The number of ether oxygens (including phenoxy) is 2. The van der Waals surface area contributed by atoms with E-state index < -0.39 is 5.97 Å². The number of benzene rings is 2. The largest absolute Gasteiger partial charge is 0.465 e. The number of carbonyl (C=O) groups excluding carboxylic acids is 2. The number of carbonyl (C=O) groups is 2. The standard InChI is InChI=1S/C19H19ClN2O4/c1-25-19(24)14-4-7-16(20)17(12-14)21-18(23)13-2-5-15(6-3-13)22-8-10-26-11-9-22/h2-7,12H,8-11H2,1H3,(H,21,23). The molecule has 136 valence electrons. The molecule has 2 aromatic carbocycles. The number of esters is 1. The SMILES string of the molecule is COC(=O)c1ccc(Cl)c(NC(=O)c2ccc(N3CCOCC3)cc2)c1. The monoisotopic (exact) mass is 374 g/mol. The molecule has 0 saturated carbocycles. The fourth-order valence-corrected chi connectivity index (χ4v) is 2.87. The quantitative estimate of drug-likeness (QED) is 0.832. The summed E-state index contributed by atoms with van der Waals surface area (Å²) in [6.45, 7) is 3.08. The van der Waals surface area contributed by atoms with Crippen molar-refractivity contribution >= 4 is 34.9 Å². The van der Waals surface area contributed by atoms with Gasteiger partial charge in [-0.2, -0.15) is 0 Å². The van der Waals surface area contributed by atoms with Gasteiger partial charge in [-0.1, -0.05) is 11.6 Å². The van der Waals surface area contributed by atoms with Crippen LogP contribution < -0.4 is 10.2 Å². The van der Waals surface area contributed by atoms with Gasteiger partial charge in [-0.05, 0) is 42.5 Å². The Bertz CT molecular complexity index is 802. The maximum absolute atomic E-state index is 12.5. The molecule has 3 rings (SSSR count). The van der Waals surface area contributed by atoms with Crippen LogP contribution in [-0.2, 0) is 9.47 Å². The van der Waals surface area contributed by atoms with E-state index in [-0.39, 0.29) is 5.91 Å². The zero-order chi connectivity index (χ0) is 18.5. The molecule has 1 heterocycles. The smallest absolute Gasteiger partial charge is 0.337 e. The molecule has 0 unspecified atom stereocenters. The number of nitrogens with one attached hydrogen (secondary N) is 1. The lowest BCUT2D eigenvalue weighted by atomic mass is 10.1. The number of halogens is 1. The van der Waals surface area contributed by atoms with Crippen molar-refractivity contribution in [1.82, 2.24) is 0 Å². The minimum absolute atomic E-state index is 0.303.